The van der Waals surface area contributed by atoms with Gasteiger partial charge in [-0.25, -0.2) is 4.98 Å². The zero-order valence-electron chi connectivity index (χ0n) is 15.4. The van der Waals surface area contributed by atoms with E-state index >= 15 is 0 Å². The number of aromatic nitrogens is 1. The standard InChI is InChI=1S/C19H22N4O3S/c1-21(2)17(24)10-23-14-5-3-13(19(23)26)8-22(9-14)18(25)12-4-6-15-16(7-12)27-11-20-15/h4,6-7,11,13-14H,3,5,8-10H2,1-2H3/t13-,14+/m1/s1. The summed E-state index contributed by atoms with van der Waals surface area (Å²) in [5.74, 6) is -0.385. The number of hydrogen-bond donors (Lipinski definition) is 0. The zero-order valence-corrected chi connectivity index (χ0v) is 16.2. The first-order valence-corrected chi connectivity index (χ1v) is 9.95. The van der Waals surface area contributed by atoms with Gasteiger partial charge in [-0.3, -0.25) is 14.4 Å². The number of thiazole rings is 1. The SMILES string of the molecule is CN(C)C(=O)CN1C(=O)[C@@H]2CC[C@H]1CN(C(=O)c1ccc3ncsc3c1)C2. The van der Waals surface area contributed by atoms with Crippen molar-refractivity contribution in [1.82, 2.24) is 19.7 Å². The van der Waals surface area contributed by atoms with Gasteiger partial charge in [-0.15, -0.1) is 11.3 Å². The van der Waals surface area contributed by atoms with Gasteiger partial charge < -0.3 is 14.7 Å². The second-order valence-corrected chi connectivity index (χ2v) is 8.31. The van der Waals surface area contributed by atoms with Crippen LogP contribution in [0.15, 0.2) is 23.7 Å². The molecule has 3 amide bonds. The van der Waals surface area contributed by atoms with Crippen LogP contribution in [0.2, 0.25) is 0 Å². The Labute approximate surface area is 161 Å². The van der Waals surface area contributed by atoms with Crippen LogP contribution >= 0.6 is 11.3 Å². The minimum atomic E-state index is -0.227. The van der Waals surface area contributed by atoms with Gasteiger partial charge >= 0.3 is 0 Å². The van der Waals surface area contributed by atoms with Crippen molar-refractivity contribution in [3.05, 3.63) is 29.3 Å². The van der Waals surface area contributed by atoms with Crippen LogP contribution in [0.3, 0.4) is 0 Å². The van der Waals surface area contributed by atoms with Gasteiger partial charge in [0, 0.05) is 38.8 Å². The maximum absolute atomic E-state index is 13.1. The van der Waals surface area contributed by atoms with Crippen LogP contribution in [0.1, 0.15) is 23.2 Å². The van der Waals surface area contributed by atoms with Crippen LogP contribution in [0, 0.1) is 5.92 Å². The summed E-state index contributed by atoms with van der Waals surface area (Å²) >= 11 is 1.51. The van der Waals surface area contributed by atoms with Crippen LogP contribution in [-0.2, 0) is 9.59 Å². The zero-order chi connectivity index (χ0) is 19.1. The third-order valence-electron chi connectivity index (χ3n) is 5.46. The Morgan fingerprint density at radius 3 is 2.85 bits per heavy atom. The van der Waals surface area contributed by atoms with E-state index in [9.17, 15) is 14.4 Å². The van der Waals surface area contributed by atoms with Crippen molar-refractivity contribution in [2.75, 3.05) is 33.7 Å². The molecule has 3 aliphatic heterocycles. The molecule has 2 aromatic rings. The number of nitrogens with zero attached hydrogens (tertiary/aromatic N) is 4. The molecule has 3 saturated heterocycles. The van der Waals surface area contributed by atoms with Crippen molar-refractivity contribution in [1.29, 1.82) is 0 Å². The number of amides is 3. The molecular weight excluding hydrogens is 364 g/mol. The summed E-state index contributed by atoms with van der Waals surface area (Å²) in [5, 5.41) is 0. The van der Waals surface area contributed by atoms with Crippen molar-refractivity contribution in [3.63, 3.8) is 0 Å². The molecule has 2 atom stereocenters. The topological polar surface area (TPSA) is 73.8 Å². The molecule has 2 bridgehead atoms. The fourth-order valence-electron chi connectivity index (χ4n) is 3.87. The van der Waals surface area contributed by atoms with Crippen molar-refractivity contribution >= 4 is 39.3 Å². The van der Waals surface area contributed by atoms with E-state index in [0.29, 0.717) is 18.7 Å². The number of hydrogen-bond acceptors (Lipinski definition) is 5. The first-order valence-electron chi connectivity index (χ1n) is 9.07. The number of fused-ring (bicyclic) bond motifs is 5. The Bertz CT molecular complexity index is 909. The van der Waals surface area contributed by atoms with Crippen LogP contribution in [0.25, 0.3) is 10.2 Å². The molecule has 0 spiro atoms. The highest BCUT2D eigenvalue weighted by Crippen LogP contribution is 2.30. The number of carbonyl (C=O) groups excluding carboxylic acids is 3. The summed E-state index contributed by atoms with van der Waals surface area (Å²) in [6.45, 7) is 0.978. The summed E-state index contributed by atoms with van der Waals surface area (Å²) in [4.78, 5) is 47.2. The number of rotatable bonds is 3. The molecule has 27 heavy (non-hydrogen) atoms. The largest absolute Gasteiger partial charge is 0.347 e. The number of carbonyl (C=O) groups is 3. The lowest BCUT2D eigenvalue weighted by atomic mass is 9.94. The highest BCUT2D eigenvalue weighted by molar-refractivity contribution is 7.16. The van der Waals surface area contributed by atoms with Gasteiger partial charge in [-0.2, -0.15) is 0 Å². The summed E-state index contributed by atoms with van der Waals surface area (Å²) < 4.78 is 0.980. The number of benzene rings is 1. The molecule has 4 heterocycles. The van der Waals surface area contributed by atoms with Gasteiger partial charge in [-0.1, -0.05) is 0 Å². The van der Waals surface area contributed by atoms with E-state index < -0.39 is 0 Å². The van der Waals surface area contributed by atoms with Crippen molar-refractivity contribution in [3.8, 4) is 0 Å². The molecule has 3 fully saturated rings. The average molecular weight is 386 g/mol. The molecule has 7 nitrogen and oxygen atoms in total. The van der Waals surface area contributed by atoms with Crippen molar-refractivity contribution < 1.29 is 14.4 Å². The molecule has 1 aromatic carbocycles. The van der Waals surface area contributed by atoms with E-state index in [2.05, 4.69) is 4.98 Å². The quantitative estimate of drug-likeness (QED) is 0.800. The van der Waals surface area contributed by atoms with Gasteiger partial charge in [0.05, 0.1) is 21.6 Å². The third kappa shape index (κ3) is 3.29. The van der Waals surface area contributed by atoms with Crippen LogP contribution < -0.4 is 0 Å². The summed E-state index contributed by atoms with van der Waals surface area (Å²) in [6.07, 6.45) is 1.60. The molecule has 1 aromatic heterocycles. The second-order valence-electron chi connectivity index (χ2n) is 7.43. The Kier molecular flexibility index (Phi) is 4.59. The molecule has 0 N–H and O–H groups in total. The lowest BCUT2D eigenvalue weighted by molar-refractivity contribution is -0.145. The van der Waals surface area contributed by atoms with Gasteiger partial charge in [0.25, 0.3) is 5.91 Å². The molecule has 0 unspecified atom stereocenters. The first kappa shape index (κ1) is 17.9. The molecule has 0 radical (unpaired) electrons. The van der Waals surface area contributed by atoms with E-state index in [1.165, 1.54) is 16.2 Å². The summed E-state index contributed by atoms with van der Waals surface area (Å²) in [5.41, 5.74) is 3.27. The van der Waals surface area contributed by atoms with Gasteiger partial charge in [0.1, 0.15) is 6.54 Å². The maximum atomic E-state index is 13.1. The average Bonchev–Trinajstić information content (AvgIpc) is 2.96. The normalized spacial score (nSPS) is 22.2. The smallest absolute Gasteiger partial charge is 0.253 e. The van der Waals surface area contributed by atoms with E-state index in [4.69, 9.17) is 0 Å². The first-order chi connectivity index (χ1) is 12.9. The minimum Gasteiger partial charge on any atom is -0.347 e. The summed E-state index contributed by atoms with van der Waals surface area (Å²) in [6, 6.07) is 5.43. The lowest BCUT2D eigenvalue weighted by Gasteiger charge is -2.35. The lowest BCUT2D eigenvalue weighted by Crippen LogP contribution is -2.51. The molecule has 8 heteroatoms. The van der Waals surface area contributed by atoms with E-state index in [1.807, 2.05) is 12.1 Å². The van der Waals surface area contributed by atoms with E-state index in [1.54, 1.807) is 35.5 Å². The van der Waals surface area contributed by atoms with E-state index in [-0.39, 0.29) is 36.2 Å². The Morgan fingerprint density at radius 1 is 1.26 bits per heavy atom. The molecule has 5 rings (SSSR count). The maximum Gasteiger partial charge on any atom is 0.253 e. The predicted octanol–water partition coefficient (Wildman–Crippen LogP) is 1.45. The molecule has 3 aliphatic rings. The van der Waals surface area contributed by atoms with Crippen molar-refractivity contribution in [2.45, 2.75) is 18.9 Å². The van der Waals surface area contributed by atoms with Gasteiger partial charge in [0.2, 0.25) is 11.8 Å². The number of likely N-dealkylation sites (N-methyl/N-ethyl adjacent to an activating group) is 1. The summed E-state index contributed by atoms with van der Waals surface area (Å²) in [7, 11) is 3.38. The fourth-order valence-corrected chi connectivity index (χ4v) is 4.59. The monoisotopic (exact) mass is 386 g/mol. The third-order valence-corrected chi connectivity index (χ3v) is 6.25. The molecule has 142 valence electrons. The highest BCUT2D eigenvalue weighted by atomic mass is 32.1. The number of piperidine rings is 1. The second kappa shape index (κ2) is 6.92. The minimum absolute atomic E-state index is 0.00495. The Balaban J connectivity index is 1.56. The van der Waals surface area contributed by atoms with Crippen LogP contribution in [0.4, 0.5) is 0 Å². The van der Waals surface area contributed by atoms with E-state index in [0.717, 1.165) is 23.1 Å². The molecular formula is C19H22N4O3S. The van der Waals surface area contributed by atoms with Crippen molar-refractivity contribution in [2.24, 2.45) is 5.92 Å². The molecule has 0 saturated carbocycles. The predicted molar refractivity (Wildman–Crippen MR) is 102 cm³/mol. The Morgan fingerprint density at radius 2 is 2.07 bits per heavy atom. The van der Waals surface area contributed by atoms with Gasteiger partial charge in [0.15, 0.2) is 0 Å². The fraction of sp³-hybridized carbons (Fsp3) is 0.474. The molecule has 0 aliphatic carbocycles. The van der Waals surface area contributed by atoms with Crippen LogP contribution in [0.5, 0.6) is 0 Å². The Hall–Kier alpha value is -2.48. The van der Waals surface area contributed by atoms with Crippen LogP contribution in [-0.4, -0.2) is 77.2 Å². The van der Waals surface area contributed by atoms with Gasteiger partial charge in [-0.05, 0) is 31.0 Å². The highest BCUT2D eigenvalue weighted by Gasteiger charge is 2.42.